The van der Waals surface area contributed by atoms with Gasteiger partial charge in [-0.3, -0.25) is 4.79 Å². The van der Waals surface area contributed by atoms with Crippen molar-refractivity contribution in [1.82, 2.24) is 5.32 Å². The number of amides is 2. The van der Waals surface area contributed by atoms with Crippen LogP contribution in [0, 0.1) is 3.57 Å². The average molecular weight is 660 g/mol. The lowest BCUT2D eigenvalue weighted by Crippen LogP contribution is -3.00. The SMILES string of the molecule is CCC[n+]1cc(I)cc(C(=O)N(CCOC(=O)NCCOc2cccc3ccccc23)c2ccccc2)c1.[Cl-]. The summed E-state index contributed by atoms with van der Waals surface area (Å²) in [6.45, 7) is 3.81. The highest BCUT2D eigenvalue weighted by atomic mass is 127. The summed E-state index contributed by atoms with van der Waals surface area (Å²) >= 11 is 2.22. The summed E-state index contributed by atoms with van der Waals surface area (Å²) in [6, 6.07) is 25.1. The fourth-order valence-corrected chi connectivity index (χ4v) is 4.82. The third-order valence-electron chi connectivity index (χ3n) is 5.86. The minimum absolute atomic E-state index is 0. The second kappa shape index (κ2) is 15.3. The molecular formula is C30H31ClIN3O4. The van der Waals surface area contributed by atoms with E-state index in [0.717, 1.165) is 38.7 Å². The van der Waals surface area contributed by atoms with Crippen molar-refractivity contribution in [2.75, 3.05) is 31.2 Å². The molecule has 0 saturated heterocycles. The molecule has 0 radical (unpaired) electrons. The van der Waals surface area contributed by atoms with Crippen molar-refractivity contribution >= 4 is 51.1 Å². The van der Waals surface area contributed by atoms with Crippen molar-refractivity contribution in [3.8, 4) is 5.75 Å². The number of nitrogens with zero attached hydrogens (tertiary/aromatic N) is 2. The Balaban J connectivity index is 0.00000420. The fraction of sp³-hybridized carbons (Fsp3) is 0.233. The summed E-state index contributed by atoms with van der Waals surface area (Å²) in [5, 5.41) is 4.83. The Hall–Kier alpha value is -3.37. The van der Waals surface area contributed by atoms with Gasteiger partial charge >= 0.3 is 6.09 Å². The second-order valence-electron chi connectivity index (χ2n) is 8.66. The second-order valence-corrected chi connectivity index (χ2v) is 9.91. The molecule has 1 heterocycles. The predicted molar refractivity (Wildman–Crippen MR) is 157 cm³/mol. The number of hydrogen-bond acceptors (Lipinski definition) is 4. The standard InChI is InChI=1S/C30H30IN3O4.ClH/c1-2-16-33-21-24(20-25(31)22-33)29(35)34(26-11-4-3-5-12-26)17-19-38-30(36)32-15-18-37-28-14-8-10-23-9-6-7-13-27(23)28;/h3-14,20-22H,2,15-19H2,1H3;1H. The van der Waals surface area contributed by atoms with E-state index < -0.39 is 6.09 Å². The van der Waals surface area contributed by atoms with Crippen LogP contribution in [0.2, 0.25) is 0 Å². The molecule has 204 valence electrons. The molecule has 3 aromatic carbocycles. The topological polar surface area (TPSA) is 71.8 Å². The number of nitrogens with one attached hydrogen (secondary N) is 1. The van der Waals surface area contributed by atoms with Gasteiger partial charge in [-0.25, -0.2) is 9.36 Å². The number of rotatable bonds is 11. The Kier molecular flexibility index (Phi) is 11.8. The van der Waals surface area contributed by atoms with Crippen LogP contribution in [0.4, 0.5) is 10.5 Å². The molecule has 0 atom stereocenters. The van der Waals surface area contributed by atoms with Crippen LogP contribution in [0.25, 0.3) is 10.8 Å². The molecule has 0 spiro atoms. The molecular weight excluding hydrogens is 629 g/mol. The smallest absolute Gasteiger partial charge is 0.407 e. The Labute approximate surface area is 248 Å². The van der Waals surface area contributed by atoms with Crippen LogP contribution in [-0.4, -0.2) is 38.3 Å². The highest BCUT2D eigenvalue weighted by Crippen LogP contribution is 2.25. The van der Waals surface area contributed by atoms with E-state index in [4.69, 9.17) is 9.47 Å². The lowest BCUT2D eigenvalue weighted by molar-refractivity contribution is -0.697. The van der Waals surface area contributed by atoms with E-state index in [1.165, 1.54) is 0 Å². The Bertz CT molecular complexity index is 1380. The molecule has 1 N–H and O–H groups in total. The van der Waals surface area contributed by atoms with Gasteiger partial charge in [0, 0.05) is 17.5 Å². The number of carbonyl (C=O) groups is 2. The van der Waals surface area contributed by atoms with Crippen molar-refractivity contribution in [2.45, 2.75) is 19.9 Å². The van der Waals surface area contributed by atoms with Crippen molar-refractivity contribution < 1.29 is 36.0 Å². The van der Waals surface area contributed by atoms with Gasteiger partial charge in [0.1, 0.15) is 31.1 Å². The molecule has 4 aromatic rings. The molecule has 0 fully saturated rings. The maximum absolute atomic E-state index is 13.5. The third-order valence-corrected chi connectivity index (χ3v) is 6.45. The summed E-state index contributed by atoms with van der Waals surface area (Å²) in [6.07, 6.45) is 4.30. The van der Waals surface area contributed by atoms with Crippen LogP contribution in [0.1, 0.15) is 23.7 Å². The van der Waals surface area contributed by atoms with Gasteiger partial charge in [0.2, 0.25) is 0 Å². The zero-order valence-corrected chi connectivity index (χ0v) is 24.6. The first-order valence-electron chi connectivity index (χ1n) is 12.6. The van der Waals surface area contributed by atoms with E-state index in [2.05, 4.69) is 34.8 Å². The van der Waals surface area contributed by atoms with Gasteiger partial charge in [-0.2, -0.15) is 0 Å². The summed E-state index contributed by atoms with van der Waals surface area (Å²) in [5.74, 6) is 0.623. The van der Waals surface area contributed by atoms with Crippen LogP contribution in [0.3, 0.4) is 0 Å². The molecule has 0 bridgehead atoms. The Morgan fingerprint density at radius 2 is 1.69 bits per heavy atom. The number of carbonyl (C=O) groups excluding carboxylic acids is 2. The van der Waals surface area contributed by atoms with Gasteiger partial charge in [-0.05, 0) is 52.2 Å². The molecule has 9 heteroatoms. The monoisotopic (exact) mass is 659 g/mol. The molecule has 39 heavy (non-hydrogen) atoms. The number of alkyl carbamates (subject to hydrolysis) is 1. The number of hydrogen-bond donors (Lipinski definition) is 1. The number of aryl methyl sites for hydroxylation is 1. The number of fused-ring (bicyclic) bond motifs is 1. The molecule has 4 rings (SSSR count). The third kappa shape index (κ3) is 8.56. The summed E-state index contributed by atoms with van der Waals surface area (Å²) in [4.78, 5) is 27.4. The maximum Gasteiger partial charge on any atom is 0.407 e. The number of pyridine rings is 1. The van der Waals surface area contributed by atoms with Crippen LogP contribution in [0.5, 0.6) is 5.75 Å². The maximum atomic E-state index is 13.5. The number of para-hydroxylation sites is 1. The van der Waals surface area contributed by atoms with Crippen LogP contribution in [0.15, 0.2) is 91.3 Å². The molecule has 0 aliphatic heterocycles. The summed E-state index contributed by atoms with van der Waals surface area (Å²) in [7, 11) is 0. The number of ether oxygens (including phenoxy) is 2. The van der Waals surface area contributed by atoms with E-state index in [9.17, 15) is 9.59 Å². The lowest BCUT2D eigenvalue weighted by atomic mass is 10.1. The first kappa shape index (κ1) is 30.2. The quantitative estimate of drug-likeness (QED) is 0.153. The largest absolute Gasteiger partial charge is 1.00 e. The average Bonchev–Trinajstić information content (AvgIpc) is 2.93. The number of anilines is 1. The van der Waals surface area contributed by atoms with Crippen molar-refractivity contribution in [2.24, 2.45) is 0 Å². The van der Waals surface area contributed by atoms with Gasteiger partial charge in [-0.15, -0.1) is 0 Å². The number of halogens is 2. The first-order valence-corrected chi connectivity index (χ1v) is 13.7. The van der Waals surface area contributed by atoms with E-state index in [0.29, 0.717) is 18.7 Å². The normalized spacial score (nSPS) is 10.4. The van der Waals surface area contributed by atoms with Crippen LogP contribution >= 0.6 is 22.6 Å². The van der Waals surface area contributed by atoms with E-state index in [-0.39, 0.29) is 31.5 Å². The molecule has 7 nitrogen and oxygen atoms in total. The van der Waals surface area contributed by atoms with Crippen molar-refractivity contribution in [3.63, 3.8) is 0 Å². The lowest BCUT2D eigenvalue weighted by Gasteiger charge is -2.22. The van der Waals surface area contributed by atoms with Crippen LogP contribution < -0.4 is 31.9 Å². The van der Waals surface area contributed by atoms with Gasteiger partial charge in [0.05, 0.1) is 16.7 Å². The molecule has 0 unspecified atom stereocenters. The Morgan fingerprint density at radius 1 is 0.949 bits per heavy atom. The molecule has 0 aliphatic carbocycles. The van der Waals surface area contributed by atoms with Crippen molar-refractivity contribution in [3.05, 3.63) is 100 Å². The summed E-state index contributed by atoms with van der Waals surface area (Å²) in [5.41, 5.74) is 1.33. The van der Waals surface area contributed by atoms with Gasteiger partial charge in [-0.1, -0.05) is 61.5 Å². The van der Waals surface area contributed by atoms with E-state index in [1.54, 1.807) is 4.90 Å². The zero-order valence-electron chi connectivity index (χ0n) is 21.7. The summed E-state index contributed by atoms with van der Waals surface area (Å²) < 4.78 is 14.3. The van der Waals surface area contributed by atoms with Crippen molar-refractivity contribution in [1.29, 1.82) is 0 Å². The molecule has 2 amide bonds. The first-order chi connectivity index (χ1) is 18.5. The fourth-order valence-electron chi connectivity index (χ4n) is 4.13. The van der Waals surface area contributed by atoms with Gasteiger partial charge in [0.25, 0.3) is 5.91 Å². The highest BCUT2D eigenvalue weighted by molar-refractivity contribution is 14.1. The number of benzene rings is 3. The predicted octanol–water partition coefficient (Wildman–Crippen LogP) is 2.60. The minimum atomic E-state index is -0.554. The Morgan fingerprint density at radius 3 is 2.49 bits per heavy atom. The van der Waals surface area contributed by atoms with Gasteiger partial charge < -0.3 is 32.1 Å². The van der Waals surface area contributed by atoms with E-state index >= 15 is 0 Å². The molecule has 0 aliphatic rings. The number of aromatic nitrogens is 1. The van der Waals surface area contributed by atoms with Gasteiger partial charge in [0.15, 0.2) is 12.4 Å². The molecule has 0 saturated carbocycles. The zero-order chi connectivity index (χ0) is 26.7. The van der Waals surface area contributed by atoms with E-state index in [1.807, 2.05) is 95.8 Å². The highest BCUT2D eigenvalue weighted by Gasteiger charge is 2.21. The van der Waals surface area contributed by atoms with Crippen LogP contribution in [-0.2, 0) is 11.3 Å². The minimum Gasteiger partial charge on any atom is -1.00 e. The molecule has 1 aromatic heterocycles.